The minimum absolute atomic E-state index is 0.398. The van der Waals surface area contributed by atoms with Crippen LogP contribution in [0.1, 0.15) is 31.8 Å². The van der Waals surface area contributed by atoms with Crippen molar-refractivity contribution in [3.05, 3.63) is 131 Å². The van der Waals surface area contributed by atoms with E-state index in [1.807, 2.05) is 72.8 Å². The van der Waals surface area contributed by atoms with Crippen molar-refractivity contribution in [2.24, 2.45) is 0 Å². The molecule has 0 N–H and O–H groups in total. The van der Waals surface area contributed by atoms with Gasteiger partial charge in [-0.3, -0.25) is 0 Å². The fourth-order valence-corrected chi connectivity index (χ4v) is 2.96. The first-order valence-corrected chi connectivity index (χ1v) is 10.1. The van der Waals surface area contributed by atoms with Gasteiger partial charge < -0.3 is 9.47 Å². The number of para-hydroxylation sites is 2. The summed E-state index contributed by atoms with van der Waals surface area (Å²) in [7, 11) is 0. The van der Waals surface area contributed by atoms with Gasteiger partial charge in [-0.15, -0.1) is 0 Å². The van der Waals surface area contributed by atoms with E-state index in [1.54, 1.807) is 48.5 Å². The Labute approximate surface area is 186 Å². The van der Waals surface area contributed by atoms with E-state index in [-0.39, 0.29) is 0 Å². The molecule has 0 aliphatic rings. The second kappa shape index (κ2) is 10.0. The molecule has 0 radical (unpaired) electrons. The number of hydrogen-bond donors (Lipinski definition) is 0. The van der Waals surface area contributed by atoms with Gasteiger partial charge in [0.15, 0.2) is 0 Å². The Bertz CT molecular complexity index is 1110. The van der Waals surface area contributed by atoms with Crippen molar-refractivity contribution >= 4 is 24.1 Å². The summed E-state index contributed by atoms with van der Waals surface area (Å²) in [5, 5.41) is 0. The van der Waals surface area contributed by atoms with Gasteiger partial charge in [0.05, 0.1) is 11.1 Å². The summed E-state index contributed by atoms with van der Waals surface area (Å²) >= 11 is 0. The highest BCUT2D eigenvalue weighted by molar-refractivity contribution is 5.92. The Balaban J connectivity index is 1.35. The lowest BCUT2D eigenvalue weighted by Gasteiger charge is -2.05. The number of ether oxygens (including phenoxy) is 2. The van der Waals surface area contributed by atoms with Crippen LogP contribution in [0.3, 0.4) is 0 Å². The third kappa shape index (κ3) is 5.58. The zero-order chi connectivity index (χ0) is 22.2. The van der Waals surface area contributed by atoms with Gasteiger partial charge in [-0.25, -0.2) is 9.59 Å². The van der Waals surface area contributed by atoms with E-state index in [2.05, 4.69) is 0 Å². The maximum absolute atomic E-state index is 12.2. The molecule has 0 atom stereocenters. The third-order valence-electron chi connectivity index (χ3n) is 4.67. The average Bonchev–Trinajstić information content (AvgIpc) is 2.84. The Kier molecular flexibility index (Phi) is 6.54. The van der Waals surface area contributed by atoms with Crippen LogP contribution in [-0.4, -0.2) is 11.9 Å². The van der Waals surface area contributed by atoms with Crippen LogP contribution in [0.15, 0.2) is 109 Å². The lowest BCUT2D eigenvalue weighted by molar-refractivity contribution is 0.0725. The van der Waals surface area contributed by atoms with Crippen molar-refractivity contribution in [1.29, 1.82) is 0 Å². The number of benzene rings is 4. The van der Waals surface area contributed by atoms with Gasteiger partial charge in [-0.1, -0.05) is 72.8 Å². The quantitative estimate of drug-likeness (QED) is 0.209. The summed E-state index contributed by atoms with van der Waals surface area (Å²) in [5.74, 6) is 0.226. The molecule has 0 heterocycles. The van der Waals surface area contributed by atoms with E-state index in [1.165, 1.54) is 0 Å². The molecule has 156 valence electrons. The van der Waals surface area contributed by atoms with Crippen molar-refractivity contribution in [1.82, 2.24) is 0 Å². The van der Waals surface area contributed by atoms with Gasteiger partial charge in [0.2, 0.25) is 0 Å². The molecule has 0 fully saturated rings. The number of rotatable bonds is 6. The number of hydrogen-bond acceptors (Lipinski definition) is 4. The summed E-state index contributed by atoms with van der Waals surface area (Å²) in [6.07, 6.45) is 3.87. The second-order valence-electron chi connectivity index (χ2n) is 6.98. The van der Waals surface area contributed by atoms with Gasteiger partial charge in [0.1, 0.15) is 11.5 Å². The van der Waals surface area contributed by atoms with Gasteiger partial charge >= 0.3 is 11.9 Å². The standard InChI is InChI=1S/C28H20O4/c29-27(31-25-7-3-1-4-8-25)23-17-13-21(14-18-23)11-12-22-15-19-24(20-16-22)28(30)32-26-9-5-2-6-10-26/h1-20H. The first kappa shape index (κ1) is 20.8. The number of esters is 2. The number of carbonyl (C=O) groups excluding carboxylic acids is 2. The Morgan fingerprint density at radius 2 is 0.812 bits per heavy atom. The van der Waals surface area contributed by atoms with E-state index in [9.17, 15) is 9.59 Å². The van der Waals surface area contributed by atoms with E-state index in [0.717, 1.165) is 11.1 Å². The molecule has 4 heteroatoms. The largest absolute Gasteiger partial charge is 0.423 e. The van der Waals surface area contributed by atoms with Crippen molar-refractivity contribution in [2.45, 2.75) is 0 Å². The molecule has 4 aromatic rings. The summed E-state index contributed by atoms with van der Waals surface area (Å²) in [4.78, 5) is 24.5. The van der Waals surface area contributed by atoms with Gasteiger partial charge in [0, 0.05) is 0 Å². The predicted octanol–water partition coefficient (Wildman–Crippen LogP) is 6.30. The van der Waals surface area contributed by atoms with Crippen molar-refractivity contribution in [2.75, 3.05) is 0 Å². The first-order chi connectivity index (χ1) is 15.7. The topological polar surface area (TPSA) is 52.6 Å². The number of carbonyl (C=O) groups is 2. The van der Waals surface area contributed by atoms with Gasteiger partial charge in [-0.2, -0.15) is 0 Å². The fraction of sp³-hybridized carbons (Fsp3) is 0. The van der Waals surface area contributed by atoms with E-state index in [0.29, 0.717) is 22.6 Å². The van der Waals surface area contributed by atoms with E-state index >= 15 is 0 Å². The van der Waals surface area contributed by atoms with Crippen LogP contribution in [0.5, 0.6) is 11.5 Å². The zero-order valence-corrected chi connectivity index (χ0v) is 17.2. The van der Waals surface area contributed by atoms with Crippen LogP contribution in [0.2, 0.25) is 0 Å². The highest BCUT2D eigenvalue weighted by Gasteiger charge is 2.09. The summed E-state index contributed by atoms with van der Waals surface area (Å²) in [5.41, 5.74) is 2.84. The van der Waals surface area contributed by atoms with E-state index < -0.39 is 11.9 Å². The average molecular weight is 420 g/mol. The molecule has 0 bridgehead atoms. The molecule has 4 nitrogen and oxygen atoms in total. The molecular formula is C28H20O4. The molecule has 4 rings (SSSR count). The molecule has 0 aliphatic heterocycles. The van der Waals surface area contributed by atoms with Crippen LogP contribution < -0.4 is 9.47 Å². The molecule has 0 aromatic heterocycles. The van der Waals surface area contributed by atoms with E-state index in [4.69, 9.17) is 9.47 Å². The molecule has 32 heavy (non-hydrogen) atoms. The smallest absolute Gasteiger partial charge is 0.343 e. The van der Waals surface area contributed by atoms with Crippen molar-refractivity contribution < 1.29 is 19.1 Å². The monoisotopic (exact) mass is 420 g/mol. The Morgan fingerprint density at radius 1 is 0.469 bits per heavy atom. The molecule has 4 aromatic carbocycles. The summed E-state index contributed by atoms with van der Waals surface area (Å²) in [6.45, 7) is 0. The minimum Gasteiger partial charge on any atom is -0.423 e. The Hall–Kier alpha value is -4.44. The van der Waals surface area contributed by atoms with Crippen LogP contribution in [0, 0.1) is 0 Å². The lowest BCUT2D eigenvalue weighted by atomic mass is 10.1. The van der Waals surface area contributed by atoms with Crippen molar-refractivity contribution in [3.63, 3.8) is 0 Å². The Morgan fingerprint density at radius 3 is 1.16 bits per heavy atom. The fourth-order valence-electron chi connectivity index (χ4n) is 2.96. The van der Waals surface area contributed by atoms with Crippen LogP contribution >= 0.6 is 0 Å². The zero-order valence-electron chi connectivity index (χ0n) is 17.2. The highest BCUT2D eigenvalue weighted by atomic mass is 16.5. The molecule has 0 spiro atoms. The normalized spacial score (nSPS) is 10.6. The molecule has 0 aliphatic carbocycles. The molecule has 0 unspecified atom stereocenters. The second-order valence-corrected chi connectivity index (χ2v) is 6.98. The molecule has 0 amide bonds. The maximum atomic E-state index is 12.2. The van der Waals surface area contributed by atoms with Gasteiger partial charge in [-0.05, 0) is 59.7 Å². The summed E-state index contributed by atoms with van der Waals surface area (Å²) < 4.78 is 10.7. The maximum Gasteiger partial charge on any atom is 0.343 e. The van der Waals surface area contributed by atoms with Gasteiger partial charge in [0.25, 0.3) is 0 Å². The minimum atomic E-state index is -0.398. The van der Waals surface area contributed by atoms with Crippen LogP contribution in [0.4, 0.5) is 0 Å². The molecule has 0 saturated heterocycles. The summed E-state index contributed by atoms with van der Waals surface area (Å²) in [6, 6.07) is 32.3. The SMILES string of the molecule is O=C(Oc1ccccc1)c1ccc(C=Cc2ccc(C(=O)Oc3ccccc3)cc2)cc1. The lowest BCUT2D eigenvalue weighted by Crippen LogP contribution is -2.08. The molecule has 0 saturated carbocycles. The third-order valence-corrected chi connectivity index (χ3v) is 4.67. The highest BCUT2D eigenvalue weighted by Crippen LogP contribution is 2.16. The molecular weight excluding hydrogens is 400 g/mol. The first-order valence-electron chi connectivity index (χ1n) is 10.1. The van der Waals surface area contributed by atoms with Crippen LogP contribution in [-0.2, 0) is 0 Å². The predicted molar refractivity (Wildman–Crippen MR) is 125 cm³/mol. The van der Waals surface area contributed by atoms with Crippen LogP contribution in [0.25, 0.3) is 12.2 Å². The van der Waals surface area contributed by atoms with Crippen molar-refractivity contribution in [3.8, 4) is 11.5 Å².